The van der Waals surface area contributed by atoms with Gasteiger partial charge in [-0.1, -0.05) is 35.6 Å². The largest absolute Gasteiger partial charge is 0.378 e. The second-order valence-electron chi connectivity index (χ2n) is 7.12. The first-order chi connectivity index (χ1) is 12.8. The van der Waals surface area contributed by atoms with Crippen LogP contribution in [-0.4, -0.2) is 47.7 Å². The molecule has 1 aliphatic heterocycles. The zero-order valence-corrected chi connectivity index (χ0v) is 16.3. The van der Waals surface area contributed by atoms with Gasteiger partial charge in [-0.25, -0.2) is 0 Å². The molecule has 1 N–H and O–H groups in total. The summed E-state index contributed by atoms with van der Waals surface area (Å²) in [5.74, 6) is 5.71. The number of aliphatic hydroxyl groups is 1. The van der Waals surface area contributed by atoms with E-state index in [1.54, 1.807) is 26.0 Å². The fourth-order valence-corrected chi connectivity index (χ4v) is 3.22. The van der Waals surface area contributed by atoms with Crippen LogP contribution in [0.1, 0.15) is 29.8 Å². The summed E-state index contributed by atoms with van der Waals surface area (Å²) in [6.07, 6.45) is 0. The molecule has 0 spiro atoms. The van der Waals surface area contributed by atoms with Gasteiger partial charge in [-0.05, 0) is 50.2 Å². The lowest BCUT2D eigenvalue weighted by Crippen LogP contribution is -2.48. The lowest BCUT2D eigenvalue weighted by Gasteiger charge is -2.36. The molecule has 1 amide bonds. The van der Waals surface area contributed by atoms with E-state index < -0.39 is 5.60 Å². The number of carbonyl (C=O) groups is 1. The van der Waals surface area contributed by atoms with Crippen LogP contribution < -0.4 is 4.90 Å². The maximum Gasteiger partial charge on any atom is 0.253 e. The maximum atomic E-state index is 12.7. The number of rotatable bonds is 2. The van der Waals surface area contributed by atoms with Gasteiger partial charge in [0.15, 0.2) is 0 Å². The van der Waals surface area contributed by atoms with Gasteiger partial charge in [0.05, 0.1) is 10.7 Å². The van der Waals surface area contributed by atoms with Crippen LogP contribution in [0.25, 0.3) is 0 Å². The number of piperazine rings is 1. The minimum absolute atomic E-state index is 0.0239. The normalized spacial score (nSPS) is 14.5. The molecule has 4 nitrogen and oxygen atoms in total. The lowest BCUT2D eigenvalue weighted by atomic mass is 10.1. The Bertz CT molecular complexity index is 868. The van der Waals surface area contributed by atoms with Gasteiger partial charge >= 0.3 is 0 Å². The highest BCUT2D eigenvalue weighted by molar-refractivity contribution is 6.33. The lowest BCUT2D eigenvalue weighted by molar-refractivity contribution is 0.0746. The highest BCUT2D eigenvalue weighted by atomic mass is 35.5. The predicted molar refractivity (Wildman–Crippen MR) is 109 cm³/mol. The summed E-state index contributed by atoms with van der Waals surface area (Å²) in [4.78, 5) is 16.8. The van der Waals surface area contributed by atoms with E-state index in [0.717, 1.165) is 29.4 Å². The summed E-state index contributed by atoms with van der Waals surface area (Å²) in [6.45, 7) is 6.10. The van der Waals surface area contributed by atoms with Gasteiger partial charge in [-0.2, -0.15) is 0 Å². The molecule has 0 aromatic heterocycles. The number of hydrogen-bond donors (Lipinski definition) is 1. The molecule has 1 saturated heterocycles. The summed E-state index contributed by atoms with van der Waals surface area (Å²) >= 11 is 6.27. The number of benzene rings is 2. The molecule has 0 atom stereocenters. The fraction of sp³-hybridized carbons (Fsp3) is 0.318. The van der Waals surface area contributed by atoms with Crippen molar-refractivity contribution in [1.82, 2.24) is 4.90 Å². The quantitative estimate of drug-likeness (QED) is 0.809. The van der Waals surface area contributed by atoms with E-state index in [-0.39, 0.29) is 5.91 Å². The molecule has 0 saturated carbocycles. The van der Waals surface area contributed by atoms with E-state index in [1.807, 2.05) is 41.3 Å². The smallest absolute Gasteiger partial charge is 0.253 e. The molecule has 0 radical (unpaired) electrons. The number of halogens is 1. The Hall–Kier alpha value is -2.48. The Kier molecular flexibility index (Phi) is 5.74. The standard InChI is InChI=1S/C22H23ClN2O2/c1-22(2,27)12-11-17-7-9-18(10-8-17)21(26)25-15-13-24(14-16-25)20-6-4-3-5-19(20)23/h3-10,27H,13-16H2,1-2H3. The first-order valence-corrected chi connectivity index (χ1v) is 9.36. The maximum absolute atomic E-state index is 12.7. The third-order valence-electron chi connectivity index (χ3n) is 4.40. The second kappa shape index (κ2) is 8.04. The van der Waals surface area contributed by atoms with Gasteiger partial charge < -0.3 is 14.9 Å². The monoisotopic (exact) mass is 382 g/mol. The molecule has 1 aliphatic rings. The van der Waals surface area contributed by atoms with Gasteiger partial charge in [0, 0.05) is 37.3 Å². The molecule has 1 heterocycles. The SMILES string of the molecule is CC(C)(O)C#Cc1ccc(C(=O)N2CCN(c3ccccc3Cl)CC2)cc1. The molecule has 5 heteroatoms. The van der Waals surface area contributed by atoms with Gasteiger partial charge in [-0.15, -0.1) is 0 Å². The minimum atomic E-state index is -1.03. The summed E-state index contributed by atoms with van der Waals surface area (Å²) in [5.41, 5.74) is 1.41. The highest BCUT2D eigenvalue weighted by Crippen LogP contribution is 2.26. The van der Waals surface area contributed by atoms with Crippen LogP contribution in [0.3, 0.4) is 0 Å². The van der Waals surface area contributed by atoms with Crippen molar-refractivity contribution >= 4 is 23.2 Å². The first kappa shape index (κ1) is 19.3. The summed E-state index contributed by atoms with van der Waals surface area (Å²) in [5, 5.41) is 10.4. The van der Waals surface area contributed by atoms with Crippen molar-refractivity contribution < 1.29 is 9.90 Å². The van der Waals surface area contributed by atoms with Crippen LogP contribution in [0.15, 0.2) is 48.5 Å². The van der Waals surface area contributed by atoms with E-state index in [2.05, 4.69) is 16.7 Å². The summed E-state index contributed by atoms with van der Waals surface area (Å²) < 4.78 is 0. The average Bonchev–Trinajstić information content (AvgIpc) is 2.66. The van der Waals surface area contributed by atoms with E-state index in [0.29, 0.717) is 18.7 Å². The number of nitrogens with zero attached hydrogens (tertiary/aromatic N) is 2. The van der Waals surface area contributed by atoms with Crippen LogP contribution >= 0.6 is 11.6 Å². The molecule has 0 unspecified atom stereocenters. The van der Waals surface area contributed by atoms with Crippen LogP contribution in [0, 0.1) is 11.8 Å². The molecule has 2 aromatic carbocycles. The van der Waals surface area contributed by atoms with Crippen molar-refractivity contribution in [2.75, 3.05) is 31.1 Å². The number of amides is 1. The van der Waals surface area contributed by atoms with E-state index in [4.69, 9.17) is 11.6 Å². The van der Waals surface area contributed by atoms with Gasteiger partial charge in [0.1, 0.15) is 5.60 Å². The van der Waals surface area contributed by atoms with E-state index in [9.17, 15) is 9.90 Å². The summed E-state index contributed by atoms with van der Waals surface area (Å²) in [6, 6.07) is 15.0. The van der Waals surface area contributed by atoms with Crippen molar-refractivity contribution in [1.29, 1.82) is 0 Å². The van der Waals surface area contributed by atoms with Crippen molar-refractivity contribution in [2.45, 2.75) is 19.4 Å². The molecule has 27 heavy (non-hydrogen) atoms. The molecule has 140 valence electrons. The highest BCUT2D eigenvalue weighted by Gasteiger charge is 2.23. The van der Waals surface area contributed by atoms with Gasteiger partial charge in [0.25, 0.3) is 5.91 Å². The molecular weight excluding hydrogens is 360 g/mol. The minimum Gasteiger partial charge on any atom is -0.378 e. The van der Waals surface area contributed by atoms with Crippen molar-refractivity contribution in [3.8, 4) is 11.8 Å². The zero-order valence-electron chi connectivity index (χ0n) is 15.6. The Morgan fingerprint density at radius 2 is 1.67 bits per heavy atom. The van der Waals surface area contributed by atoms with Crippen LogP contribution in [0.5, 0.6) is 0 Å². The molecule has 0 bridgehead atoms. The Balaban J connectivity index is 1.62. The number of para-hydroxylation sites is 1. The second-order valence-corrected chi connectivity index (χ2v) is 7.52. The molecule has 1 fully saturated rings. The Morgan fingerprint density at radius 1 is 1.04 bits per heavy atom. The number of hydrogen-bond acceptors (Lipinski definition) is 3. The number of anilines is 1. The van der Waals surface area contributed by atoms with Gasteiger partial charge in [0.2, 0.25) is 0 Å². The van der Waals surface area contributed by atoms with Crippen molar-refractivity contribution in [3.63, 3.8) is 0 Å². The third kappa shape index (κ3) is 5.03. The molecule has 3 rings (SSSR count). The zero-order chi connectivity index (χ0) is 19.4. The third-order valence-corrected chi connectivity index (χ3v) is 4.72. The Morgan fingerprint density at radius 3 is 2.26 bits per heavy atom. The van der Waals surface area contributed by atoms with Crippen LogP contribution in [0.4, 0.5) is 5.69 Å². The van der Waals surface area contributed by atoms with Crippen LogP contribution in [0.2, 0.25) is 5.02 Å². The molecule has 2 aromatic rings. The predicted octanol–water partition coefficient (Wildman–Crippen LogP) is 3.42. The topological polar surface area (TPSA) is 43.8 Å². The van der Waals surface area contributed by atoms with Crippen molar-refractivity contribution in [3.05, 3.63) is 64.7 Å². The van der Waals surface area contributed by atoms with E-state index >= 15 is 0 Å². The molecular formula is C22H23ClN2O2. The van der Waals surface area contributed by atoms with E-state index in [1.165, 1.54) is 0 Å². The summed E-state index contributed by atoms with van der Waals surface area (Å²) in [7, 11) is 0. The van der Waals surface area contributed by atoms with Crippen LogP contribution in [-0.2, 0) is 0 Å². The average molecular weight is 383 g/mol. The van der Waals surface area contributed by atoms with Gasteiger partial charge in [-0.3, -0.25) is 4.79 Å². The van der Waals surface area contributed by atoms with Crippen molar-refractivity contribution in [2.24, 2.45) is 0 Å². The Labute approximate surface area is 165 Å². The fourth-order valence-electron chi connectivity index (χ4n) is 2.96. The molecule has 0 aliphatic carbocycles. The number of carbonyl (C=O) groups excluding carboxylic acids is 1. The first-order valence-electron chi connectivity index (χ1n) is 8.98.